The molecule has 4 aliphatic carbocycles. The molecular weight excluding hydrogens is 400 g/mol. The van der Waals surface area contributed by atoms with Gasteiger partial charge in [0, 0.05) is 24.2 Å². The van der Waals surface area contributed by atoms with E-state index in [0.717, 1.165) is 38.5 Å². The Kier molecular flexibility index (Phi) is 5.34. The summed E-state index contributed by atoms with van der Waals surface area (Å²) in [7, 11) is 0. The minimum Gasteiger partial charge on any atom is -0.458 e. The molecule has 4 aliphatic rings. The number of hydrogen-bond donors (Lipinski definition) is 0. The van der Waals surface area contributed by atoms with Crippen LogP contribution in [0.4, 0.5) is 0 Å². The van der Waals surface area contributed by atoms with Crippen LogP contribution in [0.15, 0.2) is 30.3 Å². The van der Waals surface area contributed by atoms with Crippen molar-refractivity contribution in [2.45, 2.75) is 78.2 Å². The van der Waals surface area contributed by atoms with Gasteiger partial charge in [-0.15, -0.1) is 0 Å². The van der Waals surface area contributed by atoms with Gasteiger partial charge in [0.1, 0.15) is 17.7 Å². The summed E-state index contributed by atoms with van der Waals surface area (Å²) in [6, 6.07) is 9.22. The lowest BCUT2D eigenvalue weighted by molar-refractivity contribution is -0.171. The van der Waals surface area contributed by atoms with Crippen LogP contribution in [-0.4, -0.2) is 23.6 Å². The van der Waals surface area contributed by atoms with E-state index >= 15 is 0 Å². The van der Waals surface area contributed by atoms with Crippen molar-refractivity contribution < 1.29 is 19.1 Å². The number of ether oxygens (including phenoxy) is 1. The van der Waals surface area contributed by atoms with Gasteiger partial charge in [-0.2, -0.15) is 0 Å². The van der Waals surface area contributed by atoms with Crippen LogP contribution in [0.2, 0.25) is 0 Å². The molecule has 0 spiro atoms. The molecule has 1 aromatic carbocycles. The Morgan fingerprint density at radius 1 is 1.00 bits per heavy atom. The molecule has 0 amide bonds. The molecule has 4 heteroatoms. The molecule has 0 saturated heterocycles. The molecule has 0 aromatic heterocycles. The van der Waals surface area contributed by atoms with Crippen LogP contribution in [0.1, 0.15) is 82.5 Å². The van der Waals surface area contributed by atoms with Crippen LogP contribution in [0.5, 0.6) is 0 Å². The molecule has 0 aliphatic heterocycles. The van der Waals surface area contributed by atoms with Crippen molar-refractivity contribution in [2.24, 2.45) is 40.4 Å². The molecule has 172 valence electrons. The highest BCUT2D eigenvalue weighted by Gasteiger charge is 2.65. The van der Waals surface area contributed by atoms with Crippen molar-refractivity contribution in [3.63, 3.8) is 0 Å². The van der Waals surface area contributed by atoms with Gasteiger partial charge in [0.25, 0.3) is 0 Å². The van der Waals surface area contributed by atoms with E-state index in [1.54, 1.807) is 19.1 Å². The van der Waals surface area contributed by atoms with Crippen molar-refractivity contribution in [3.05, 3.63) is 35.9 Å². The van der Waals surface area contributed by atoms with Crippen LogP contribution in [-0.2, 0) is 14.3 Å². The Hall–Kier alpha value is -1.97. The SMILES string of the molecule is CC(=O)[C@@H]1CC[C@@H]2[C@H]3CC[C@H]4CC(=O)CC[C@]4(C)[C@@H]3C[C@H](OC(=O)c3ccccc3)[C@]21C. The lowest BCUT2D eigenvalue weighted by Crippen LogP contribution is -2.59. The molecule has 32 heavy (non-hydrogen) atoms. The number of ketones is 2. The monoisotopic (exact) mass is 436 g/mol. The molecule has 0 N–H and O–H groups in total. The first kappa shape index (κ1) is 21.9. The summed E-state index contributed by atoms with van der Waals surface area (Å²) < 4.78 is 6.31. The molecule has 1 aromatic rings. The first-order valence-electron chi connectivity index (χ1n) is 12.5. The van der Waals surface area contributed by atoms with Gasteiger partial charge < -0.3 is 4.74 Å². The third-order valence-electron chi connectivity index (χ3n) is 10.3. The molecule has 0 unspecified atom stereocenters. The van der Waals surface area contributed by atoms with Gasteiger partial charge in [-0.1, -0.05) is 32.0 Å². The number of carbonyl (C=O) groups excluding carboxylic acids is 3. The maximum absolute atomic E-state index is 13.1. The highest BCUT2D eigenvalue weighted by Crippen LogP contribution is 2.67. The maximum atomic E-state index is 13.1. The lowest BCUT2D eigenvalue weighted by atomic mass is 9.44. The Morgan fingerprint density at radius 2 is 1.75 bits per heavy atom. The fourth-order valence-corrected chi connectivity index (χ4v) is 8.59. The Balaban J connectivity index is 1.51. The van der Waals surface area contributed by atoms with Crippen LogP contribution < -0.4 is 0 Å². The molecule has 5 rings (SSSR count). The molecule has 0 heterocycles. The second kappa shape index (κ2) is 7.81. The average molecular weight is 437 g/mol. The number of esters is 1. The van der Waals surface area contributed by atoms with E-state index in [1.165, 1.54) is 0 Å². The number of benzene rings is 1. The summed E-state index contributed by atoms with van der Waals surface area (Å²) in [6.07, 6.45) is 7.12. The van der Waals surface area contributed by atoms with Gasteiger partial charge in [0.2, 0.25) is 0 Å². The third kappa shape index (κ3) is 3.20. The topological polar surface area (TPSA) is 60.4 Å². The minimum absolute atomic E-state index is 0.0412. The van der Waals surface area contributed by atoms with Gasteiger partial charge in [0.05, 0.1) is 5.56 Å². The summed E-state index contributed by atoms with van der Waals surface area (Å²) >= 11 is 0. The lowest BCUT2D eigenvalue weighted by Gasteiger charge is -2.61. The minimum atomic E-state index is -0.300. The van der Waals surface area contributed by atoms with Gasteiger partial charge in [-0.3, -0.25) is 9.59 Å². The number of carbonyl (C=O) groups is 3. The van der Waals surface area contributed by atoms with E-state index in [1.807, 2.05) is 18.2 Å². The van der Waals surface area contributed by atoms with Crippen molar-refractivity contribution in [1.82, 2.24) is 0 Å². The van der Waals surface area contributed by atoms with Crippen LogP contribution in [0.3, 0.4) is 0 Å². The van der Waals surface area contributed by atoms with E-state index in [4.69, 9.17) is 4.74 Å². The first-order valence-corrected chi connectivity index (χ1v) is 12.5. The van der Waals surface area contributed by atoms with Crippen molar-refractivity contribution in [1.29, 1.82) is 0 Å². The molecular formula is C28H36O4. The van der Waals surface area contributed by atoms with Crippen molar-refractivity contribution in [3.8, 4) is 0 Å². The number of fused-ring (bicyclic) bond motifs is 5. The van der Waals surface area contributed by atoms with E-state index in [2.05, 4.69) is 13.8 Å². The second-order valence-electron chi connectivity index (χ2n) is 11.5. The highest BCUT2D eigenvalue weighted by molar-refractivity contribution is 5.89. The molecule has 8 atom stereocenters. The summed E-state index contributed by atoms with van der Waals surface area (Å²) in [5.74, 6) is 2.19. The Morgan fingerprint density at radius 3 is 2.47 bits per heavy atom. The van der Waals surface area contributed by atoms with Crippen molar-refractivity contribution >= 4 is 17.5 Å². The molecule has 4 nitrogen and oxygen atoms in total. The van der Waals surface area contributed by atoms with E-state index in [0.29, 0.717) is 47.9 Å². The zero-order valence-corrected chi connectivity index (χ0v) is 19.6. The van der Waals surface area contributed by atoms with Crippen LogP contribution >= 0.6 is 0 Å². The zero-order valence-electron chi connectivity index (χ0n) is 19.6. The average Bonchev–Trinajstić information content (AvgIpc) is 3.14. The van der Waals surface area contributed by atoms with Gasteiger partial charge in [-0.25, -0.2) is 4.79 Å². The largest absolute Gasteiger partial charge is 0.458 e. The first-order chi connectivity index (χ1) is 15.2. The number of rotatable bonds is 3. The maximum Gasteiger partial charge on any atom is 0.338 e. The molecule has 4 saturated carbocycles. The standard InChI is InChI=1S/C28H36O4/c1-17(29)22-11-12-23-21-10-9-19-15-20(30)13-14-27(19,2)24(21)16-25(28(22,23)3)32-26(31)18-7-5-4-6-8-18/h4-8,19,21-25H,9-16H2,1-3H3/t19-,21+,22-,23+,24+,25-,27-,28-/m0/s1. The van der Waals surface area contributed by atoms with Gasteiger partial charge in [-0.05, 0) is 86.7 Å². The van der Waals surface area contributed by atoms with Crippen LogP contribution in [0, 0.1) is 40.4 Å². The Labute approximate surface area is 191 Å². The molecule has 0 radical (unpaired) electrons. The van der Waals surface area contributed by atoms with Crippen LogP contribution in [0.25, 0.3) is 0 Å². The fraction of sp³-hybridized carbons (Fsp3) is 0.679. The number of Topliss-reactive ketones (excluding diaryl/α,β-unsaturated/α-hetero) is 2. The zero-order chi connectivity index (χ0) is 22.7. The predicted molar refractivity (Wildman–Crippen MR) is 122 cm³/mol. The van der Waals surface area contributed by atoms with E-state index < -0.39 is 0 Å². The van der Waals surface area contributed by atoms with E-state index in [-0.39, 0.29) is 34.6 Å². The Bertz CT molecular complexity index is 923. The van der Waals surface area contributed by atoms with E-state index in [9.17, 15) is 14.4 Å². The summed E-state index contributed by atoms with van der Waals surface area (Å²) in [5, 5.41) is 0. The summed E-state index contributed by atoms with van der Waals surface area (Å²) in [5.41, 5.74) is 0.401. The summed E-state index contributed by atoms with van der Waals surface area (Å²) in [4.78, 5) is 38.1. The van der Waals surface area contributed by atoms with Gasteiger partial charge >= 0.3 is 5.97 Å². The predicted octanol–water partition coefficient (Wildman–Crippen LogP) is 5.64. The third-order valence-corrected chi connectivity index (χ3v) is 10.3. The molecule has 4 fully saturated rings. The number of hydrogen-bond acceptors (Lipinski definition) is 4. The highest BCUT2D eigenvalue weighted by atomic mass is 16.5. The quantitative estimate of drug-likeness (QED) is 0.576. The molecule has 0 bridgehead atoms. The smallest absolute Gasteiger partial charge is 0.338 e. The van der Waals surface area contributed by atoms with Gasteiger partial charge in [0.15, 0.2) is 0 Å². The second-order valence-corrected chi connectivity index (χ2v) is 11.5. The fourth-order valence-electron chi connectivity index (χ4n) is 8.59. The normalized spacial score (nSPS) is 43.0. The van der Waals surface area contributed by atoms with Crippen molar-refractivity contribution in [2.75, 3.05) is 0 Å². The summed E-state index contributed by atoms with van der Waals surface area (Å²) in [6.45, 7) is 6.34.